The van der Waals surface area contributed by atoms with Crippen LogP contribution in [0.4, 0.5) is 11.4 Å². The first-order valence-corrected chi connectivity index (χ1v) is 7.38. The molecule has 3 rings (SSSR count). The minimum atomic E-state index is 0.780. The standard InChI is InChI=1S/C16H15BrN4/c1-21(10-11-2-4-13(18)5-3-11)15-6-7-19-14-8-12(17)9-20-16(14)15/h2-9H,10,18H2,1H3. The number of fused-ring (bicyclic) bond motifs is 1. The largest absolute Gasteiger partial charge is 0.399 e. The summed E-state index contributed by atoms with van der Waals surface area (Å²) in [5.41, 5.74) is 10.5. The van der Waals surface area contributed by atoms with E-state index in [1.807, 2.05) is 42.6 Å². The number of hydrogen-bond acceptors (Lipinski definition) is 4. The number of anilines is 2. The number of nitrogen functional groups attached to an aromatic ring is 1. The smallest absolute Gasteiger partial charge is 0.112 e. The summed E-state index contributed by atoms with van der Waals surface area (Å²) in [7, 11) is 2.05. The Bertz CT molecular complexity index is 771. The summed E-state index contributed by atoms with van der Waals surface area (Å²) in [5.74, 6) is 0. The van der Waals surface area contributed by atoms with Gasteiger partial charge in [-0.3, -0.25) is 9.97 Å². The fraction of sp³-hybridized carbons (Fsp3) is 0.125. The maximum atomic E-state index is 5.72. The molecule has 0 atom stereocenters. The van der Waals surface area contributed by atoms with Gasteiger partial charge in [0.15, 0.2) is 0 Å². The Morgan fingerprint density at radius 1 is 1.14 bits per heavy atom. The number of pyridine rings is 2. The molecule has 106 valence electrons. The summed E-state index contributed by atoms with van der Waals surface area (Å²) < 4.78 is 0.931. The molecule has 0 amide bonds. The molecule has 4 nitrogen and oxygen atoms in total. The van der Waals surface area contributed by atoms with Gasteiger partial charge in [0.2, 0.25) is 0 Å². The molecule has 5 heteroatoms. The summed E-state index contributed by atoms with van der Waals surface area (Å²) in [5, 5.41) is 0. The van der Waals surface area contributed by atoms with E-state index in [9.17, 15) is 0 Å². The number of hydrogen-bond donors (Lipinski definition) is 1. The molecule has 0 fully saturated rings. The van der Waals surface area contributed by atoms with Crippen LogP contribution in [-0.2, 0) is 6.54 Å². The van der Waals surface area contributed by atoms with Crippen molar-refractivity contribution in [3.8, 4) is 0 Å². The van der Waals surface area contributed by atoms with Crippen LogP contribution in [0.25, 0.3) is 11.0 Å². The minimum absolute atomic E-state index is 0.780. The van der Waals surface area contributed by atoms with Crippen molar-refractivity contribution in [1.82, 2.24) is 9.97 Å². The fourth-order valence-electron chi connectivity index (χ4n) is 2.28. The van der Waals surface area contributed by atoms with E-state index in [0.29, 0.717) is 0 Å². The summed E-state index contributed by atoms with van der Waals surface area (Å²) in [4.78, 5) is 11.0. The molecule has 2 heterocycles. The lowest BCUT2D eigenvalue weighted by Crippen LogP contribution is -2.17. The third kappa shape index (κ3) is 2.97. The van der Waals surface area contributed by atoms with Crippen molar-refractivity contribution >= 4 is 38.3 Å². The van der Waals surface area contributed by atoms with Gasteiger partial charge in [-0.1, -0.05) is 12.1 Å². The second-order valence-electron chi connectivity index (χ2n) is 4.95. The average Bonchev–Trinajstić information content (AvgIpc) is 2.48. The Morgan fingerprint density at radius 3 is 2.67 bits per heavy atom. The highest BCUT2D eigenvalue weighted by atomic mass is 79.9. The van der Waals surface area contributed by atoms with Crippen LogP contribution in [0, 0.1) is 0 Å². The summed E-state index contributed by atoms with van der Waals surface area (Å²) in [6.45, 7) is 0.789. The second kappa shape index (κ2) is 5.69. The lowest BCUT2D eigenvalue weighted by molar-refractivity contribution is 0.925. The van der Waals surface area contributed by atoms with Gasteiger partial charge in [0.25, 0.3) is 0 Å². The highest BCUT2D eigenvalue weighted by molar-refractivity contribution is 9.10. The minimum Gasteiger partial charge on any atom is -0.399 e. The van der Waals surface area contributed by atoms with E-state index in [1.54, 1.807) is 6.20 Å². The van der Waals surface area contributed by atoms with Crippen LogP contribution >= 0.6 is 15.9 Å². The number of benzene rings is 1. The van der Waals surface area contributed by atoms with Crippen LogP contribution in [0.5, 0.6) is 0 Å². The summed E-state index contributed by atoms with van der Waals surface area (Å²) in [6.07, 6.45) is 3.61. The van der Waals surface area contributed by atoms with Gasteiger partial charge in [-0.25, -0.2) is 0 Å². The predicted octanol–water partition coefficient (Wildman–Crippen LogP) is 3.61. The van der Waals surface area contributed by atoms with Gasteiger partial charge < -0.3 is 10.6 Å². The molecular formula is C16H15BrN4. The molecule has 0 saturated heterocycles. The Balaban J connectivity index is 1.94. The van der Waals surface area contributed by atoms with Gasteiger partial charge in [0, 0.05) is 36.1 Å². The molecule has 0 aliphatic rings. The number of rotatable bonds is 3. The SMILES string of the molecule is CN(Cc1ccc(N)cc1)c1ccnc2cc(Br)cnc12. The lowest BCUT2D eigenvalue weighted by atomic mass is 10.2. The van der Waals surface area contributed by atoms with E-state index in [4.69, 9.17) is 5.73 Å². The maximum absolute atomic E-state index is 5.72. The third-order valence-corrected chi connectivity index (χ3v) is 3.77. The molecule has 0 unspecified atom stereocenters. The molecule has 0 bridgehead atoms. The van der Waals surface area contributed by atoms with Gasteiger partial charge in [-0.2, -0.15) is 0 Å². The van der Waals surface area contributed by atoms with E-state index >= 15 is 0 Å². The van der Waals surface area contributed by atoms with E-state index in [2.05, 4.69) is 37.8 Å². The van der Waals surface area contributed by atoms with Crippen molar-refractivity contribution in [2.75, 3.05) is 17.7 Å². The molecule has 0 radical (unpaired) electrons. The molecule has 0 saturated carbocycles. The van der Waals surface area contributed by atoms with Crippen LogP contribution < -0.4 is 10.6 Å². The topological polar surface area (TPSA) is 55.0 Å². The van der Waals surface area contributed by atoms with Crippen molar-refractivity contribution in [1.29, 1.82) is 0 Å². The highest BCUT2D eigenvalue weighted by Crippen LogP contribution is 2.25. The molecule has 2 N–H and O–H groups in total. The zero-order valence-corrected chi connectivity index (χ0v) is 13.2. The zero-order chi connectivity index (χ0) is 14.8. The monoisotopic (exact) mass is 342 g/mol. The molecular weight excluding hydrogens is 328 g/mol. The predicted molar refractivity (Wildman–Crippen MR) is 90.2 cm³/mol. The molecule has 0 aliphatic carbocycles. The van der Waals surface area contributed by atoms with Gasteiger partial charge >= 0.3 is 0 Å². The van der Waals surface area contributed by atoms with Crippen LogP contribution in [0.15, 0.2) is 53.3 Å². The Kier molecular flexibility index (Phi) is 3.75. The normalized spacial score (nSPS) is 10.8. The third-order valence-electron chi connectivity index (χ3n) is 3.33. The van der Waals surface area contributed by atoms with E-state index in [-0.39, 0.29) is 0 Å². The van der Waals surface area contributed by atoms with Crippen LogP contribution in [-0.4, -0.2) is 17.0 Å². The fourth-order valence-corrected chi connectivity index (χ4v) is 2.60. The average molecular weight is 343 g/mol. The molecule has 21 heavy (non-hydrogen) atoms. The summed E-state index contributed by atoms with van der Waals surface area (Å²) in [6, 6.07) is 11.9. The van der Waals surface area contributed by atoms with E-state index in [0.717, 1.165) is 33.4 Å². The van der Waals surface area contributed by atoms with Gasteiger partial charge in [-0.05, 0) is 45.8 Å². The van der Waals surface area contributed by atoms with E-state index in [1.165, 1.54) is 5.56 Å². The maximum Gasteiger partial charge on any atom is 0.112 e. The number of aromatic nitrogens is 2. The number of nitrogens with two attached hydrogens (primary N) is 1. The molecule has 0 spiro atoms. The van der Waals surface area contributed by atoms with E-state index < -0.39 is 0 Å². The van der Waals surface area contributed by atoms with Crippen molar-refractivity contribution in [3.05, 3.63) is 58.8 Å². The number of halogens is 1. The van der Waals surface area contributed by atoms with Crippen LogP contribution in [0.2, 0.25) is 0 Å². The van der Waals surface area contributed by atoms with Crippen molar-refractivity contribution in [2.24, 2.45) is 0 Å². The van der Waals surface area contributed by atoms with Gasteiger partial charge in [0.05, 0.1) is 11.2 Å². The first-order chi connectivity index (χ1) is 10.1. The first-order valence-electron chi connectivity index (χ1n) is 6.59. The molecule has 2 aromatic heterocycles. The van der Waals surface area contributed by atoms with Gasteiger partial charge in [0.1, 0.15) is 5.52 Å². The zero-order valence-electron chi connectivity index (χ0n) is 11.6. The van der Waals surface area contributed by atoms with Crippen LogP contribution in [0.3, 0.4) is 0 Å². The quantitative estimate of drug-likeness (QED) is 0.738. The van der Waals surface area contributed by atoms with Crippen molar-refractivity contribution in [2.45, 2.75) is 6.54 Å². The van der Waals surface area contributed by atoms with Gasteiger partial charge in [-0.15, -0.1) is 0 Å². The number of nitrogens with zero attached hydrogens (tertiary/aromatic N) is 3. The van der Waals surface area contributed by atoms with Crippen LogP contribution in [0.1, 0.15) is 5.56 Å². The summed E-state index contributed by atoms with van der Waals surface area (Å²) >= 11 is 3.43. The van der Waals surface area contributed by atoms with Crippen molar-refractivity contribution in [3.63, 3.8) is 0 Å². The second-order valence-corrected chi connectivity index (χ2v) is 5.86. The molecule has 0 aliphatic heterocycles. The Labute approximate surface area is 131 Å². The first kappa shape index (κ1) is 13.8. The molecule has 3 aromatic rings. The Morgan fingerprint density at radius 2 is 1.90 bits per heavy atom. The van der Waals surface area contributed by atoms with Crippen molar-refractivity contribution < 1.29 is 0 Å². The highest BCUT2D eigenvalue weighted by Gasteiger charge is 2.09. The Hall–Kier alpha value is -2.14. The molecule has 1 aromatic carbocycles. The lowest BCUT2D eigenvalue weighted by Gasteiger charge is -2.20.